The lowest BCUT2D eigenvalue weighted by atomic mass is 10.1. The summed E-state index contributed by atoms with van der Waals surface area (Å²) in [5, 5.41) is 5.67. The number of nitrogens with one attached hydrogen (secondary N) is 2. The van der Waals surface area contributed by atoms with Crippen LogP contribution in [-0.2, 0) is 29.0 Å². The van der Waals surface area contributed by atoms with E-state index in [1.165, 1.54) is 12.7 Å². The first kappa shape index (κ1) is 23.1. The van der Waals surface area contributed by atoms with E-state index in [9.17, 15) is 9.59 Å². The Hall–Kier alpha value is -4.11. The maximum atomic E-state index is 13.2. The highest BCUT2D eigenvalue weighted by Gasteiger charge is 2.18. The Bertz CT molecular complexity index is 1290. The molecule has 2 N–H and O–H groups in total. The molecule has 9 heteroatoms. The van der Waals surface area contributed by atoms with Crippen molar-refractivity contribution in [1.82, 2.24) is 24.8 Å². The fourth-order valence-corrected chi connectivity index (χ4v) is 3.62. The maximum Gasteiger partial charge on any atom is 0.253 e. The van der Waals surface area contributed by atoms with E-state index in [0.717, 1.165) is 12.1 Å². The summed E-state index contributed by atoms with van der Waals surface area (Å²) >= 11 is 0. The van der Waals surface area contributed by atoms with Crippen molar-refractivity contribution in [3.8, 4) is 0 Å². The highest BCUT2D eigenvalue weighted by atomic mass is 16.5. The van der Waals surface area contributed by atoms with E-state index >= 15 is 0 Å². The van der Waals surface area contributed by atoms with Crippen LogP contribution in [0.25, 0.3) is 11.0 Å². The number of aromatic nitrogens is 4. The van der Waals surface area contributed by atoms with Gasteiger partial charge >= 0.3 is 0 Å². The molecule has 0 bridgehead atoms. The van der Waals surface area contributed by atoms with Crippen LogP contribution in [0, 0.1) is 6.92 Å². The predicted octanol–water partition coefficient (Wildman–Crippen LogP) is 2.89. The van der Waals surface area contributed by atoms with Crippen molar-refractivity contribution in [2.75, 3.05) is 19.0 Å². The second-order valence-corrected chi connectivity index (χ2v) is 7.88. The Kier molecular flexibility index (Phi) is 7.24. The molecule has 0 saturated carbocycles. The van der Waals surface area contributed by atoms with Gasteiger partial charge in [-0.05, 0) is 31.0 Å². The molecule has 0 aliphatic rings. The van der Waals surface area contributed by atoms with Crippen LogP contribution in [0.3, 0.4) is 0 Å². The molecule has 0 aliphatic heterocycles. The number of imidazole rings is 1. The first-order valence-electron chi connectivity index (χ1n) is 10.9. The lowest BCUT2D eigenvalue weighted by Crippen LogP contribution is -2.25. The Labute approximate surface area is 197 Å². The first-order chi connectivity index (χ1) is 16.5. The van der Waals surface area contributed by atoms with Crippen LogP contribution >= 0.6 is 0 Å². The highest BCUT2D eigenvalue weighted by molar-refractivity contribution is 6.07. The van der Waals surface area contributed by atoms with E-state index in [0.29, 0.717) is 34.5 Å². The zero-order valence-electron chi connectivity index (χ0n) is 19.1. The number of anilines is 1. The third-order valence-electron chi connectivity index (χ3n) is 5.27. The summed E-state index contributed by atoms with van der Waals surface area (Å²) in [5.41, 5.74) is 4.85. The number of methoxy groups -OCH3 is 1. The van der Waals surface area contributed by atoms with Gasteiger partial charge in [-0.25, -0.2) is 4.98 Å². The number of hydrogen-bond donors (Lipinski definition) is 2. The van der Waals surface area contributed by atoms with Crippen molar-refractivity contribution in [1.29, 1.82) is 0 Å². The summed E-state index contributed by atoms with van der Waals surface area (Å²) in [6.07, 6.45) is 5.80. The van der Waals surface area contributed by atoms with E-state index in [1.807, 2.05) is 29.7 Å². The number of aryl methyl sites for hydroxylation is 3. The van der Waals surface area contributed by atoms with Gasteiger partial charge in [-0.2, -0.15) is 0 Å². The SMILES string of the molecule is COCC(=O)Nc1cc(C(=O)NCc2cnc(C)cn2)c2c(c1)ncn2CCc1ccccc1. The van der Waals surface area contributed by atoms with Crippen LogP contribution < -0.4 is 10.6 Å². The van der Waals surface area contributed by atoms with Crippen LogP contribution in [0.1, 0.15) is 27.3 Å². The lowest BCUT2D eigenvalue weighted by molar-refractivity contribution is -0.119. The van der Waals surface area contributed by atoms with E-state index < -0.39 is 0 Å². The zero-order valence-corrected chi connectivity index (χ0v) is 19.1. The number of amides is 2. The number of hydrogen-bond acceptors (Lipinski definition) is 6. The fraction of sp³-hybridized carbons (Fsp3) is 0.240. The van der Waals surface area contributed by atoms with E-state index in [-0.39, 0.29) is 25.0 Å². The number of rotatable bonds is 9. The van der Waals surface area contributed by atoms with Gasteiger partial charge in [-0.3, -0.25) is 19.6 Å². The van der Waals surface area contributed by atoms with Crippen molar-refractivity contribution < 1.29 is 14.3 Å². The Balaban J connectivity index is 1.63. The molecule has 2 heterocycles. The molecular weight excluding hydrogens is 432 g/mol. The minimum Gasteiger partial charge on any atom is -0.375 e. The predicted molar refractivity (Wildman–Crippen MR) is 128 cm³/mol. The molecule has 34 heavy (non-hydrogen) atoms. The van der Waals surface area contributed by atoms with Gasteiger partial charge in [0.25, 0.3) is 5.91 Å². The Morgan fingerprint density at radius 1 is 1.06 bits per heavy atom. The van der Waals surface area contributed by atoms with E-state index in [1.54, 1.807) is 30.9 Å². The molecule has 9 nitrogen and oxygen atoms in total. The summed E-state index contributed by atoms with van der Waals surface area (Å²) < 4.78 is 6.85. The summed E-state index contributed by atoms with van der Waals surface area (Å²) in [4.78, 5) is 38.3. The van der Waals surface area contributed by atoms with Crippen molar-refractivity contribution in [2.45, 2.75) is 26.4 Å². The van der Waals surface area contributed by atoms with Crippen molar-refractivity contribution in [3.63, 3.8) is 0 Å². The largest absolute Gasteiger partial charge is 0.375 e. The third kappa shape index (κ3) is 5.62. The molecule has 2 aromatic carbocycles. The molecule has 0 atom stereocenters. The number of fused-ring (bicyclic) bond motifs is 1. The first-order valence-corrected chi connectivity index (χ1v) is 10.9. The molecule has 0 spiro atoms. The molecule has 4 aromatic rings. The van der Waals surface area contributed by atoms with Gasteiger partial charge in [0.2, 0.25) is 5.91 Å². The van der Waals surface area contributed by atoms with Gasteiger partial charge in [-0.15, -0.1) is 0 Å². The Morgan fingerprint density at radius 2 is 1.88 bits per heavy atom. The molecule has 2 amide bonds. The number of benzene rings is 2. The summed E-state index contributed by atoms with van der Waals surface area (Å²) in [5.74, 6) is -0.608. The van der Waals surface area contributed by atoms with Gasteiger partial charge in [-0.1, -0.05) is 30.3 Å². The monoisotopic (exact) mass is 458 g/mol. The maximum absolute atomic E-state index is 13.2. The standard InChI is InChI=1S/C25H26N6O3/c1-17-12-27-20(13-26-17)14-28-25(33)21-10-19(30-23(32)15-34-2)11-22-24(21)31(16-29-22)9-8-18-6-4-3-5-7-18/h3-7,10-13,16H,8-9,14-15H2,1-2H3,(H,28,33)(H,30,32). The smallest absolute Gasteiger partial charge is 0.253 e. The minimum absolute atomic E-state index is 0.0861. The minimum atomic E-state index is -0.313. The number of carbonyl (C=O) groups is 2. The summed E-state index contributed by atoms with van der Waals surface area (Å²) in [6.45, 7) is 2.65. The van der Waals surface area contributed by atoms with E-state index in [4.69, 9.17) is 4.74 Å². The van der Waals surface area contributed by atoms with Gasteiger partial charge in [0.15, 0.2) is 0 Å². The van der Waals surface area contributed by atoms with Crippen LogP contribution in [0.15, 0.2) is 61.2 Å². The average molecular weight is 459 g/mol. The quantitative estimate of drug-likeness (QED) is 0.399. The van der Waals surface area contributed by atoms with E-state index in [2.05, 4.69) is 37.7 Å². The van der Waals surface area contributed by atoms with Crippen LogP contribution in [0.2, 0.25) is 0 Å². The molecule has 0 fully saturated rings. The molecular formula is C25H26N6O3. The summed E-state index contributed by atoms with van der Waals surface area (Å²) in [6, 6.07) is 13.5. The van der Waals surface area contributed by atoms with Gasteiger partial charge in [0.05, 0.1) is 47.1 Å². The molecule has 0 radical (unpaired) electrons. The normalized spacial score (nSPS) is 10.9. The van der Waals surface area contributed by atoms with Crippen LogP contribution in [0.4, 0.5) is 5.69 Å². The molecule has 0 unspecified atom stereocenters. The van der Waals surface area contributed by atoms with Gasteiger partial charge in [0, 0.05) is 25.5 Å². The Morgan fingerprint density at radius 3 is 2.62 bits per heavy atom. The molecule has 0 aliphatic carbocycles. The molecule has 0 saturated heterocycles. The summed E-state index contributed by atoms with van der Waals surface area (Å²) in [7, 11) is 1.45. The second kappa shape index (κ2) is 10.7. The van der Waals surface area contributed by atoms with Crippen molar-refractivity contribution >= 4 is 28.5 Å². The zero-order chi connectivity index (χ0) is 23.9. The number of ether oxygens (including phenoxy) is 1. The molecule has 4 rings (SSSR count). The third-order valence-corrected chi connectivity index (χ3v) is 5.27. The highest BCUT2D eigenvalue weighted by Crippen LogP contribution is 2.24. The lowest BCUT2D eigenvalue weighted by Gasteiger charge is -2.12. The molecule has 2 aromatic heterocycles. The second-order valence-electron chi connectivity index (χ2n) is 7.88. The number of carbonyl (C=O) groups excluding carboxylic acids is 2. The average Bonchev–Trinajstić information content (AvgIpc) is 3.25. The van der Waals surface area contributed by atoms with Crippen LogP contribution in [0.5, 0.6) is 0 Å². The van der Waals surface area contributed by atoms with Crippen molar-refractivity contribution in [2.24, 2.45) is 0 Å². The van der Waals surface area contributed by atoms with Gasteiger partial charge in [0.1, 0.15) is 6.61 Å². The fourth-order valence-electron chi connectivity index (χ4n) is 3.62. The molecule has 174 valence electrons. The van der Waals surface area contributed by atoms with Crippen LogP contribution in [-0.4, -0.2) is 45.1 Å². The topological polar surface area (TPSA) is 111 Å². The van der Waals surface area contributed by atoms with Crippen molar-refractivity contribution in [3.05, 3.63) is 83.7 Å². The van der Waals surface area contributed by atoms with Gasteiger partial charge < -0.3 is 19.9 Å². The number of nitrogens with zero attached hydrogens (tertiary/aromatic N) is 4.